The van der Waals surface area contributed by atoms with Gasteiger partial charge in [0.15, 0.2) is 0 Å². The number of aromatic nitrogens is 1. The number of amides is 1. The van der Waals surface area contributed by atoms with E-state index in [2.05, 4.69) is 30.2 Å². The molecule has 0 fully saturated rings. The minimum Gasteiger partial charge on any atom is -0.310 e. The number of hydrogen-bond acceptors (Lipinski definition) is 2. The Balaban J connectivity index is 2.35. The number of rotatable bonds is 1. The SMILES string of the molecule is CC(C)c1cnc2c(c1)CCCC(=O)N2. The highest BCUT2D eigenvalue weighted by Gasteiger charge is 2.14. The summed E-state index contributed by atoms with van der Waals surface area (Å²) in [6.45, 7) is 4.30. The molecule has 1 N–H and O–H groups in total. The lowest BCUT2D eigenvalue weighted by Crippen LogP contribution is -2.10. The van der Waals surface area contributed by atoms with Crippen molar-refractivity contribution in [3.05, 3.63) is 23.4 Å². The Hall–Kier alpha value is -1.38. The Bertz CT molecular complexity index is 385. The smallest absolute Gasteiger partial charge is 0.225 e. The molecule has 1 aromatic rings. The van der Waals surface area contributed by atoms with Gasteiger partial charge in [-0.15, -0.1) is 0 Å². The van der Waals surface area contributed by atoms with Crippen molar-refractivity contribution in [3.8, 4) is 0 Å². The molecule has 1 aliphatic rings. The van der Waals surface area contributed by atoms with E-state index >= 15 is 0 Å². The second kappa shape index (κ2) is 4.01. The van der Waals surface area contributed by atoms with Gasteiger partial charge < -0.3 is 5.32 Å². The van der Waals surface area contributed by atoms with Crippen LogP contribution in [0.4, 0.5) is 5.82 Å². The maximum absolute atomic E-state index is 11.3. The highest BCUT2D eigenvalue weighted by atomic mass is 16.1. The third kappa shape index (κ3) is 2.17. The van der Waals surface area contributed by atoms with Gasteiger partial charge in [0.25, 0.3) is 0 Å². The van der Waals surface area contributed by atoms with E-state index in [-0.39, 0.29) is 5.91 Å². The molecule has 2 rings (SSSR count). The Morgan fingerprint density at radius 2 is 2.20 bits per heavy atom. The summed E-state index contributed by atoms with van der Waals surface area (Å²) < 4.78 is 0. The maximum atomic E-state index is 11.3. The van der Waals surface area contributed by atoms with Crippen LogP contribution in [0, 0.1) is 0 Å². The number of carbonyl (C=O) groups is 1. The quantitative estimate of drug-likeness (QED) is 0.763. The molecule has 15 heavy (non-hydrogen) atoms. The van der Waals surface area contributed by atoms with Crippen molar-refractivity contribution in [1.82, 2.24) is 4.98 Å². The fourth-order valence-corrected chi connectivity index (χ4v) is 1.78. The van der Waals surface area contributed by atoms with Crippen LogP contribution in [0.15, 0.2) is 12.3 Å². The molecular weight excluding hydrogens is 188 g/mol. The average molecular weight is 204 g/mol. The monoisotopic (exact) mass is 204 g/mol. The molecule has 3 nitrogen and oxygen atoms in total. The van der Waals surface area contributed by atoms with Gasteiger partial charge in [-0.1, -0.05) is 19.9 Å². The first-order valence-corrected chi connectivity index (χ1v) is 5.45. The van der Waals surface area contributed by atoms with Gasteiger partial charge in [-0.05, 0) is 29.9 Å². The first kappa shape index (κ1) is 10.1. The van der Waals surface area contributed by atoms with E-state index in [9.17, 15) is 4.79 Å². The molecule has 0 radical (unpaired) electrons. The van der Waals surface area contributed by atoms with Gasteiger partial charge in [0, 0.05) is 12.6 Å². The molecule has 0 bridgehead atoms. The summed E-state index contributed by atoms with van der Waals surface area (Å²) in [6.07, 6.45) is 4.33. The van der Waals surface area contributed by atoms with E-state index in [1.165, 1.54) is 11.1 Å². The van der Waals surface area contributed by atoms with Crippen molar-refractivity contribution in [1.29, 1.82) is 0 Å². The number of pyridine rings is 1. The van der Waals surface area contributed by atoms with Gasteiger partial charge >= 0.3 is 0 Å². The number of aryl methyl sites for hydroxylation is 1. The van der Waals surface area contributed by atoms with Gasteiger partial charge in [-0.2, -0.15) is 0 Å². The van der Waals surface area contributed by atoms with Crippen LogP contribution >= 0.6 is 0 Å². The lowest BCUT2D eigenvalue weighted by molar-refractivity contribution is -0.116. The van der Waals surface area contributed by atoms with Gasteiger partial charge in [-0.3, -0.25) is 4.79 Å². The second-order valence-electron chi connectivity index (χ2n) is 4.33. The molecule has 0 aliphatic carbocycles. The zero-order chi connectivity index (χ0) is 10.8. The highest BCUT2D eigenvalue weighted by molar-refractivity contribution is 5.91. The first-order valence-electron chi connectivity index (χ1n) is 5.45. The topological polar surface area (TPSA) is 42.0 Å². The summed E-state index contributed by atoms with van der Waals surface area (Å²) in [7, 11) is 0. The summed E-state index contributed by atoms with van der Waals surface area (Å²) in [6, 6.07) is 2.17. The fraction of sp³-hybridized carbons (Fsp3) is 0.500. The average Bonchev–Trinajstić information content (AvgIpc) is 2.37. The fourth-order valence-electron chi connectivity index (χ4n) is 1.78. The Morgan fingerprint density at radius 3 is 2.93 bits per heavy atom. The van der Waals surface area contributed by atoms with Crippen molar-refractivity contribution in [2.75, 3.05) is 5.32 Å². The highest BCUT2D eigenvalue weighted by Crippen LogP contribution is 2.23. The van der Waals surface area contributed by atoms with Crippen molar-refractivity contribution in [2.45, 2.75) is 39.0 Å². The predicted octanol–water partition coefficient (Wildman–Crippen LogP) is 2.48. The van der Waals surface area contributed by atoms with Gasteiger partial charge in [0.05, 0.1) is 0 Å². The predicted molar refractivity (Wildman–Crippen MR) is 59.9 cm³/mol. The lowest BCUT2D eigenvalue weighted by Gasteiger charge is -2.10. The molecule has 2 heterocycles. The normalized spacial score (nSPS) is 15.8. The number of fused-ring (bicyclic) bond motifs is 1. The summed E-state index contributed by atoms with van der Waals surface area (Å²) in [4.78, 5) is 15.6. The van der Waals surface area contributed by atoms with Crippen LogP contribution in [0.1, 0.15) is 43.7 Å². The van der Waals surface area contributed by atoms with E-state index in [0.717, 1.165) is 18.7 Å². The molecule has 80 valence electrons. The van der Waals surface area contributed by atoms with Crippen LogP contribution in [0.3, 0.4) is 0 Å². The molecule has 0 atom stereocenters. The summed E-state index contributed by atoms with van der Waals surface area (Å²) in [5.74, 6) is 1.32. The molecule has 3 heteroatoms. The van der Waals surface area contributed by atoms with E-state index < -0.39 is 0 Å². The molecule has 0 saturated heterocycles. The molecule has 1 aromatic heterocycles. The zero-order valence-electron chi connectivity index (χ0n) is 9.21. The van der Waals surface area contributed by atoms with Crippen molar-refractivity contribution in [3.63, 3.8) is 0 Å². The van der Waals surface area contributed by atoms with Crippen molar-refractivity contribution >= 4 is 11.7 Å². The van der Waals surface area contributed by atoms with Gasteiger partial charge in [0.2, 0.25) is 5.91 Å². The minimum absolute atomic E-state index is 0.0820. The van der Waals surface area contributed by atoms with Gasteiger partial charge in [0.1, 0.15) is 5.82 Å². The summed E-state index contributed by atoms with van der Waals surface area (Å²) in [5, 5.41) is 2.84. The molecular formula is C12H16N2O. The third-order valence-corrected chi connectivity index (χ3v) is 2.76. The van der Waals surface area contributed by atoms with Crippen LogP contribution in [0.5, 0.6) is 0 Å². The van der Waals surface area contributed by atoms with E-state index in [4.69, 9.17) is 0 Å². The van der Waals surface area contributed by atoms with Crippen LogP contribution in [-0.4, -0.2) is 10.9 Å². The van der Waals surface area contributed by atoms with Crippen molar-refractivity contribution in [2.24, 2.45) is 0 Å². The number of anilines is 1. The molecule has 0 aromatic carbocycles. The van der Waals surface area contributed by atoms with Crippen LogP contribution in [0.25, 0.3) is 0 Å². The zero-order valence-corrected chi connectivity index (χ0v) is 9.21. The van der Waals surface area contributed by atoms with Crippen molar-refractivity contribution < 1.29 is 4.79 Å². The Labute approximate surface area is 89.9 Å². The van der Waals surface area contributed by atoms with E-state index in [1.807, 2.05) is 6.20 Å². The maximum Gasteiger partial charge on any atom is 0.225 e. The number of nitrogens with zero attached hydrogens (tertiary/aromatic N) is 1. The molecule has 1 aliphatic heterocycles. The largest absolute Gasteiger partial charge is 0.310 e. The van der Waals surface area contributed by atoms with Gasteiger partial charge in [-0.25, -0.2) is 4.98 Å². The minimum atomic E-state index is 0.0820. The Kier molecular flexibility index (Phi) is 2.71. The first-order chi connectivity index (χ1) is 7.16. The second-order valence-corrected chi connectivity index (χ2v) is 4.33. The number of nitrogens with one attached hydrogen (secondary N) is 1. The number of carbonyl (C=O) groups excluding carboxylic acids is 1. The summed E-state index contributed by atoms with van der Waals surface area (Å²) in [5.41, 5.74) is 2.41. The van der Waals surface area contributed by atoms with E-state index in [1.54, 1.807) is 0 Å². The molecule has 1 amide bonds. The molecule has 0 saturated carbocycles. The standard InChI is InChI=1S/C12H16N2O/c1-8(2)10-6-9-4-3-5-11(15)14-12(9)13-7-10/h6-8H,3-5H2,1-2H3,(H,13,14,15). The Morgan fingerprint density at radius 1 is 1.40 bits per heavy atom. The summed E-state index contributed by atoms with van der Waals surface area (Å²) >= 11 is 0. The molecule has 0 unspecified atom stereocenters. The van der Waals surface area contributed by atoms with Crippen LogP contribution in [-0.2, 0) is 11.2 Å². The van der Waals surface area contributed by atoms with Crippen LogP contribution < -0.4 is 5.32 Å². The van der Waals surface area contributed by atoms with Crippen LogP contribution in [0.2, 0.25) is 0 Å². The third-order valence-electron chi connectivity index (χ3n) is 2.76. The van der Waals surface area contributed by atoms with E-state index in [0.29, 0.717) is 12.3 Å². The number of hydrogen-bond donors (Lipinski definition) is 1. The molecule has 0 spiro atoms. The lowest BCUT2D eigenvalue weighted by atomic mass is 10.0.